The van der Waals surface area contributed by atoms with Crippen LogP contribution < -0.4 is 10.6 Å². The number of hydrogen-bond acceptors (Lipinski definition) is 11. The fourth-order valence-corrected chi connectivity index (χ4v) is 4.90. The van der Waals surface area contributed by atoms with Crippen molar-refractivity contribution in [3.63, 3.8) is 0 Å². The number of carbonyl (C=O) groups is 4. The molecule has 0 aromatic heterocycles. The first-order chi connectivity index (χ1) is 18.2. The van der Waals surface area contributed by atoms with Crippen molar-refractivity contribution in [1.82, 2.24) is 10.6 Å². The number of rotatable bonds is 14. The second-order valence-electron chi connectivity index (χ2n) is 7.89. The maximum Gasteiger partial charge on any atom is 0.336 e. The van der Waals surface area contributed by atoms with Crippen LogP contribution >= 0.6 is 11.8 Å². The van der Waals surface area contributed by atoms with Crippen molar-refractivity contribution in [2.45, 2.75) is 39.7 Å². The van der Waals surface area contributed by atoms with E-state index in [9.17, 15) is 29.3 Å². The van der Waals surface area contributed by atoms with Crippen LogP contribution in [0.3, 0.4) is 0 Å². The van der Waals surface area contributed by atoms with E-state index in [0.29, 0.717) is 23.4 Å². The summed E-state index contributed by atoms with van der Waals surface area (Å²) in [6.07, 6.45) is 0.404. The zero-order valence-corrected chi connectivity index (χ0v) is 22.4. The molecule has 1 aromatic rings. The number of dihydropyridines is 1. The van der Waals surface area contributed by atoms with E-state index in [1.807, 2.05) is 0 Å². The molecule has 2 rings (SSSR count). The van der Waals surface area contributed by atoms with Crippen molar-refractivity contribution in [1.29, 1.82) is 0 Å². The third-order valence-electron chi connectivity index (χ3n) is 5.42. The smallest absolute Gasteiger partial charge is 0.336 e. The molecule has 1 aliphatic heterocycles. The van der Waals surface area contributed by atoms with Gasteiger partial charge in [0.25, 0.3) is 5.69 Å². The Balaban J connectivity index is 2.58. The van der Waals surface area contributed by atoms with Crippen LogP contribution in [0.15, 0.2) is 46.8 Å². The van der Waals surface area contributed by atoms with E-state index >= 15 is 0 Å². The second kappa shape index (κ2) is 14.8. The fraction of sp³-hybridized carbons (Fsp3) is 0.440. The van der Waals surface area contributed by atoms with Crippen LogP contribution in [0.2, 0.25) is 0 Å². The number of hydrogen-bond donors (Lipinski definition) is 2. The average Bonchev–Trinajstić information content (AvgIpc) is 2.88. The number of non-ortho nitro benzene ring substituents is 1. The minimum Gasteiger partial charge on any atom is -0.464 e. The zero-order chi connectivity index (χ0) is 28.2. The summed E-state index contributed by atoms with van der Waals surface area (Å²) in [5.74, 6) is -2.72. The van der Waals surface area contributed by atoms with Crippen molar-refractivity contribution in [2.24, 2.45) is 0 Å². The van der Waals surface area contributed by atoms with Gasteiger partial charge in [0.05, 0.1) is 41.8 Å². The van der Waals surface area contributed by atoms with Gasteiger partial charge in [-0.25, -0.2) is 14.4 Å². The Bertz CT molecular complexity index is 1130. The Hall–Kier alpha value is -3.87. The predicted octanol–water partition coefficient (Wildman–Crippen LogP) is 2.35. The third-order valence-corrected chi connectivity index (χ3v) is 6.48. The highest BCUT2D eigenvalue weighted by Crippen LogP contribution is 2.41. The molecule has 1 aliphatic rings. The summed E-state index contributed by atoms with van der Waals surface area (Å²) in [6.45, 7) is 6.84. The number of nitro benzene ring substituents is 1. The van der Waals surface area contributed by atoms with Gasteiger partial charge >= 0.3 is 17.9 Å². The molecule has 0 saturated carbocycles. The molecule has 13 heteroatoms. The number of carbonyl (C=O) groups excluding carboxylic acids is 4. The van der Waals surface area contributed by atoms with Crippen LogP contribution in [0.5, 0.6) is 0 Å². The van der Waals surface area contributed by atoms with Crippen molar-refractivity contribution in [2.75, 3.05) is 31.3 Å². The zero-order valence-electron chi connectivity index (χ0n) is 21.6. The van der Waals surface area contributed by atoms with E-state index in [1.165, 1.54) is 30.0 Å². The lowest BCUT2D eigenvalue weighted by Crippen LogP contribution is -2.39. The van der Waals surface area contributed by atoms with Crippen molar-refractivity contribution >= 4 is 41.8 Å². The largest absolute Gasteiger partial charge is 0.464 e. The van der Waals surface area contributed by atoms with E-state index in [-0.39, 0.29) is 48.2 Å². The lowest BCUT2D eigenvalue weighted by atomic mass is 9.80. The summed E-state index contributed by atoms with van der Waals surface area (Å²) >= 11 is 1.23. The number of thioether (sulfide) groups is 1. The first-order valence-electron chi connectivity index (χ1n) is 11.9. The number of nitro groups is 1. The van der Waals surface area contributed by atoms with Gasteiger partial charge in [-0.2, -0.15) is 11.8 Å². The number of amides is 1. The summed E-state index contributed by atoms with van der Waals surface area (Å²) in [5.41, 5.74) is 1.13. The molecule has 0 aliphatic carbocycles. The van der Waals surface area contributed by atoms with Crippen LogP contribution in [0, 0.1) is 10.1 Å². The highest BCUT2D eigenvalue weighted by atomic mass is 32.2. The van der Waals surface area contributed by atoms with Gasteiger partial charge in [-0.1, -0.05) is 12.1 Å². The fourth-order valence-electron chi connectivity index (χ4n) is 3.88. The molecule has 206 valence electrons. The van der Waals surface area contributed by atoms with Crippen molar-refractivity contribution in [3.8, 4) is 0 Å². The van der Waals surface area contributed by atoms with Gasteiger partial charge in [0.15, 0.2) is 0 Å². The van der Waals surface area contributed by atoms with Crippen LogP contribution in [0.4, 0.5) is 5.69 Å². The Labute approximate surface area is 224 Å². The molecule has 38 heavy (non-hydrogen) atoms. The molecule has 0 radical (unpaired) electrons. The van der Waals surface area contributed by atoms with Crippen molar-refractivity contribution in [3.05, 3.63) is 62.5 Å². The number of nitrogens with one attached hydrogen (secondary N) is 2. The summed E-state index contributed by atoms with van der Waals surface area (Å²) in [4.78, 5) is 60.3. The number of nitrogens with zero attached hydrogens (tertiary/aromatic N) is 1. The topological polar surface area (TPSA) is 163 Å². The Morgan fingerprint density at radius 3 is 2.32 bits per heavy atom. The summed E-state index contributed by atoms with van der Waals surface area (Å²) < 4.78 is 15.6. The van der Waals surface area contributed by atoms with Crippen LogP contribution in [-0.4, -0.2) is 66.6 Å². The Morgan fingerprint density at radius 2 is 1.74 bits per heavy atom. The standard InChI is InChI=1S/C25H31N3O9S/c1-5-35-23(30)19(26-14-29)13-38-12-18-22(25(32)37-7-3)21(16-9-8-10-17(11-16)28(33)34)20(15(4)27-18)24(31)36-6-2/h8-11,14,19,21,27H,5-7,12-13H2,1-4H3,(H,26,29). The normalized spacial score (nSPS) is 15.7. The summed E-state index contributed by atoms with van der Waals surface area (Å²) in [7, 11) is 0. The van der Waals surface area contributed by atoms with Gasteiger partial charge in [-0.05, 0) is 33.3 Å². The molecule has 0 saturated heterocycles. The first kappa shape index (κ1) is 30.4. The molecule has 1 heterocycles. The number of benzene rings is 1. The summed E-state index contributed by atoms with van der Waals surface area (Å²) in [5, 5.41) is 17.0. The van der Waals surface area contributed by atoms with Gasteiger partial charge in [0.1, 0.15) is 6.04 Å². The molecule has 1 aromatic carbocycles. The predicted molar refractivity (Wildman–Crippen MR) is 139 cm³/mol. The Morgan fingerprint density at radius 1 is 1.11 bits per heavy atom. The maximum atomic E-state index is 13.3. The lowest BCUT2D eigenvalue weighted by Gasteiger charge is -2.31. The van der Waals surface area contributed by atoms with E-state index in [1.54, 1.807) is 33.8 Å². The molecular weight excluding hydrogens is 518 g/mol. The van der Waals surface area contributed by atoms with Gasteiger partial charge in [0, 0.05) is 35.0 Å². The quantitative estimate of drug-likeness (QED) is 0.115. The van der Waals surface area contributed by atoms with Gasteiger partial charge in [0.2, 0.25) is 6.41 Å². The average molecular weight is 550 g/mol. The minimum absolute atomic E-state index is 0.0516. The van der Waals surface area contributed by atoms with Crippen LogP contribution in [0.25, 0.3) is 0 Å². The number of allylic oxidation sites excluding steroid dienone is 1. The van der Waals surface area contributed by atoms with Crippen LogP contribution in [-0.2, 0) is 33.4 Å². The Kier molecular flexibility index (Phi) is 11.8. The lowest BCUT2D eigenvalue weighted by molar-refractivity contribution is -0.384. The van der Waals surface area contributed by atoms with Gasteiger partial charge < -0.3 is 24.8 Å². The molecule has 1 amide bonds. The van der Waals surface area contributed by atoms with E-state index in [4.69, 9.17) is 14.2 Å². The highest BCUT2D eigenvalue weighted by molar-refractivity contribution is 7.99. The molecule has 0 spiro atoms. The molecule has 2 N–H and O–H groups in total. The molecule has 0 bridgehead atoms. The number of esters is 3. The van der Waals surface area contributed by atoms with Crippen LogP contribution in [0.1, 0.15) is 39.2 Å². The second-order valence-corrected chi connectivity index (χ2v) is 8.92. The molecule has 0 fully saturated rings. The van der Waals surface area contributed by atoms with Crippen molar-refractivity contribution < 1.29 is 38.3 Å². The van der Waals surface area contributed by atoms with E-state index < -0.39 is 34.8 Å². The third kappa shape index (κ3) is 7.57. The molecule has 12 nitrogen and oxygen atoms in total. The highest BCUT2D eigenvalue weighted by Gasteiger charge is 2.39. The minimum atomic E-state index is -1.01. The van der Waals surface area contributed by atoms with Gasteiger partial charge in [-0.3, -0.25) is 14.9 Å². The molecule has 2 atom stereocenters. The molecular formula is C25H31N3O9S. The SMILES string of the molecule is CCOC(=O)C1=C(C)NC(CSCC(NC=O)C(=O)OCC)=C(C(=O)OCC)C1c1cccc([N+](=O)[O-])c1. The first-order valence-corrected chi connectivity index (χ1v) is 13.1. The summed E-state index contributed by atoms with van der Waals surface area (Å²) in [6, 6.07) is 4.76. The van der Waals surface area contributed by atoms with E-state index in [2.05, 4.69) is 10.6 Å². The molecule has 2 unspecified atom stereocenters. The van der Waals surface area contributed by atoms with Gasteiger partial charge in [-0.15, -0.1) is 0 Å². The maximum absolute atomic E-state index is 13.3. The monoisotopic (exact) mass is 549 g/mol. The number of ether oxygens (including phenoxy) is 3. The van der Waals surface area contributed by atoms with E-state index in [0.717, 1.165) is 0 Å².